The Kier molecular flexibility index (Phi) is 4.42. The van der Waals surface area contributed by atoms with Crippen LogP contribution in [0.2, 0.25) is 0 Å². The zero-order valence-electron chi connectivity index (χ0n) is 14.9. The van der Waals surface area contributed by atoms with E-state index in [0.717, 1.165) is 12.1 Å². The number of aryl methyl sites for hydroxylation is 1. The molecule has 0 bridgehead atoms. The lowest BCUT2D eigenvalue weighted by Gasteiger charge is -2.19. The van der Waals surface area contributed by atoms with Crippen molar-refractivity contribution in [3.8, 4) is 5.69 Å². The van der Waals surface area contributed by atoms with Crippen molar-refractivity contribution >= 4 is 23.2 Å². The minimum absolute atomic E-state index is 0.0721. The molecule has 7 heteroatoms. The van der Waals surface area contributed by atoms with E-state index in [-0.39, 0.29) is 17.5 Å². The first kappa shape index (κ1) is 17.0. The Morgan fingerprint density at radius 1 is 1.04 bits per heavy atom. The molecule has 0 radical (unpaired) electrons. The standard InChI is InChI=1S/C20H19N5O2/c1-14-19(23-25(22-14)15-8-3-2-4-9-15)20(27)21-16-10-5-6-11-17(16)24-13-7-12-18(24)26/h2-6,8-11H,7,12-13H2,1H3,(H,21,27). The third-order valence-corrected chi connectivity index (χ3v) is 4.50. The lowest BCUT2D eigenvalue weighted by atomic mass is 10.2. The Labute approximate surface area is 156 Å². The second-order valence-electron chi connectivity index (χ2n) is 6.38. The van der Waals surface area contributed by atoms with Crippen molar-refractivity contribution in [3.05, 3.63) is 66.0 Å². The quantitative estimate of drug-likeness (QED) is 0.775. The van der Waals surface area contributed by atoms with E-state index >= 15 is 0 Å². The molecule has 1 aromatic heterocycles. The molecule has 2 aromatic carbocycles. The monoisotopic (exact) mass is 361 g/mol. The largest absolute Gasteiger partial charge is 0.319 e. The second kappa shape index (κ2) is 7.03. The van der Waals surface area contributed by atoms with E-state index in [1.54, 1.807) is 17.9 Å². The van der Waals surface area contributed by atoms with Crippen LogP contribution in [0, 0.1) is 6.92 Å². The van der Waals surface area contributed by atoms with Crippen molar-refractivity contribution in [2.75, 3.05) is 16.8 Å². The van der Waals surface area contributed by atoms with Crippen molar-refractivity contribution < 1.29 is 9.59 Å². The van der Waals surface area contributed by atoms with Gasteiger partial charge >= 0.3 is 0 Å². The van der Waals surface area contributed by atoms with E-state index in [2.05, 4.69) is 15.5 Å². The average molecular weight is 361 g/mol. The summed E-state index contributed by atoms with van der Waals surface area (Å²) in [5.74, 6) is -0.281. The van der Waals surface area contributed by atoms with Crippen LogP contribution in [0.5, 0.6) is 0 Å². The Balaban J connectivity index is 1.61. The number of hydrogen-bond acceptors (Lipinski definition) is 4. The van der Waals surface area contributed by atoms with E-state index < -0.39 is 0 Å². The number of nitrogens with zero attached hydrogens (tertiary/aromatic N) is 4. The molecule has 136 valence electrons. The summed E-state index contributed by atoms with van der Waals surface area (Å²) >= 11 is 0. The Morgan fingerprint density at radius 3 is 2.52 bits per heavy atom. The molecule has 2 amide bonds. The Morgan fingerprint density at radius 2 is 1.78 bits per heavy atom. The predicted molar refractivity (Wildman–Crippen MR) is 102 cm³/mol. The molecule has 4 rings (SSSR count). The first-order chi connectivity index (χ1) is 13.1. The van der Waals surface area contributed by atoms with Gasteiger partial charge in [-0.25, -0.2) is 0 Å². The summed E-state index contributed by atoms with van der Waals surface area (Å²) in [4.78, 5) is 28.0. The number of para-hydroxylation sites is 3. The molecule has 0 atom stereocenters. The van der Waals surface area contributed by atoms with Crippen LogP contribution in [0.3, 0.4) is 0 Å². The third-order valence-electron chi connectivity index (χ3n) is 4.50. The maximum Gasteiger partial charge on any atom is 0.278 e. The molecule has 1 N–H and O–H groups in total. The Hall–Kier alpha value is -3.48. The van der Waals surface area contributed by atoms with Gasteiger partial charge in [-0.15, -0.1) is 5.10 Å². The van der Waals surface area contributed by atoms with Crippen LogP contribution in [-0.2, 0) is 4.79 Å². The fraction of sp³-hybridized carbons (Fsp3) is 0.200. The molecular formula is C20H19N5O2. The molecule has 27 heavy (non-hydrogen) atoms. The van der Waals surface area contributed by atoms with Gasteiger partial charge < -0.3 is 10.2 Å². The van der Waals surface area contributed by atoms with Crippen molar-refractivity contribution in [2.24, 2.45) is 0 Å². The topological polar surface area (TPSA) is 80.1 Å². The summed E-state index contributed by atoms with van der Waals surface area (Å²) in [6.45, 7) is 2.41. The van der Waals surface area contributed by atoms with E-state index in [0.29, 0.717) is 30.0 Å². The SMILES string of the molecule is Cc1nn(-c2ccccc2)nc1C(=O)Nc1ccccc1N1CCCC1=O. The van der Waals surface area contributed by atoms with Crippen LogP contribution >= 0.6 is 0 Å². The van der Waals surface area contributed by atoms with Crippen LogP contribution in [0.1, 0.15) is 29.0 Å². The van der Waals surface area contributed by atoms with Crippen molar-refractivity contribution in [1.82, 2.24) is 15.0 Å². The van der Waals surface area contributed by atoms with Gasteiger partial charge in [0.05, 0.1) is 22.8 Å². The number of benzene rings is 2. The molecule has 3 aromatic rings. The summed E-state index contributed by atoms with van der Waals surface area (Å²) < 4.78 is 0. The lowest BCUT2D eigenvalue weighted by molar-refractivity contribution is -0.117. The van der Waals surface area contributed by atoms with Gasteiger partial charge in [-0.1, -0.05) is 30.3 Å². The van der Waals surface area contributed by atoms with Crippen molar-refractivity contribution in [1.29, 1.82) is 0 Å². The molecule has 7 nitrogen and oxygen atoms in total. The summed E-state index contributed by atoms with van der Waals surface area (Å²) in [5, 5.41) is 11.5. The highest BCUT2D eigenvalue weighted by Gasteiger charge is 2.25. The molecule has 0 aliphatic carbocycles. The number of aromatic nitrogens is 3. The maximum atomic E-state index is 12.8. The summed E-state index contributed by atoms with van der Waals surface area (Å²) in [6.07, 6.45) is 1.36. The number of nitrogens with one attached hydrogen (secondary N) is 1. The minimum Gasteiger partial charge on any atom is -0.319 e. The summed E-state index contributed by atoms with van der Waals surface area (Å²) in [6, 6.07) is 16.7. The van der Waals surface area contributed by atoms with Crippen LogP contribution < -0.4 is 10.2 Å². The zero-order valence-corrected chi connectivity index (χ0v) is 14.9. The number of anilines is 2. The lowest BCUT2D eigenvalue weighted by Crippen LogP contribution is -2.25. The number of amides is 2. The van der Waals surface area contributed by atoms with Crippen LogP contribution in [0.4, 0.5) is 11.4 Å². The normalized spacial score (nSPS) is 13.8. The summed E-state index contributed by atoms with van der Waals surface area (Å²) in [7, 11) is 0. The molecule has 1 fully saturated rings. The van der Waals surface area contributed by atoms with Gasteiger partial charge in [0, 0.05) is 13.0 Å². The molecule has 2 heterocycles. The highest BCUT2D eigenvalue weighted by Crippen LogP contribution is 2.29. The van der Waals surface area contributed by atoms with Gasteiger partial charge in [-0.05, 0) is 37.6 Å². The van der Waals surface area contributed by atoms with E-state index in [1.807, 2.05) is 48.5 Å². The molecule has 1 saturated heterocycles. The van der Waals surface area contributed by atoms with Crippen LogP contribution in [0.15, 0.2) is 54.6 Å². The number of hydrogen-bond donors (Lipinski definition) is 1. The van der Waals surface area contributed by atoms with E-state index in [4.69, 9.17) is 0 Å². The molecule has 0 saturated carbocycles. The van der Waals surface area contributed by atoms with Gasteiger partial charge in [-0.3, -0.25) is 9.59 Å². The maximum absolute atomic E-state index is 12.8. The number of rotatable bonds is 4. The highest BCUT2D eigenvalue weighted by molar-refractivity contribution is 6.07. The molecule has 0 unspecified atom stereocenters. The van der Waals surface area contributed by atoms with E-state index in [1.165, 1.54) is 4.80 Å². The fourth-order valence-electron chi connectivity index (χ4n) is 3.16. The highest BCUT2D eigenvalue weighted by atomic mass is 16.2. The number of carbonyl (C=O) groups excluding carboxylic acids is 2. The smallest absolute Gasteiger partial charge is 0.278 e. The molecule has 0 spiro atoms. The first-order valence-corrected chi connectivity index (χ1v) is 8.83. The predicted octanol–water partition coefficient (Wildman–Crippen LogP) is 2.95. The molecule has 1 aliphatic rings. The summed E-state index contributed by atoms with van der Waals surface area (Å²) in [5.41, 5.74) is 2.86. The average Bonchev–Trinajstić information content (AvgIpc) is 3.28. The van der Waals surface area contributed by atoms with Crippen LogP contribution in [0.25, 0.3) is 5.69 Å². The van der Waals surface area contributed by atoms with Gasteiger partial charge in [0.15, 0.2) is 5.69 Å². The third kappa shape index (κ3) is 3.31. The molecular weight excluding hydrogens is 342 g/mol. The van der Waals surface area contributed by atoms with Gasteiger partial charge in [0.25, 0.3) is 5.91 Å². The van der Waals surface area contributed by atoms with Crippen LogP contribution in [-0.4, -0.2) is 33.4 Å². The minimum atomic E-state index is -0.353. The molecule has 1 aliphatic heterocycles. The first-order valence-electron chi connectivity index (χ1n) is 8.83. The van der Waals surface area contributed by atoms with Gasteiger partial charge in [0.2, 0.25) is 5.91 Å². The fourth-order valence-corrected chi connectivity index (χ4v) is 3.16. The zero-order chi connectivity index (χ0) is 18.8. The van der Waals surface area contributed by atoms with Crippen molar-refractivity contribution in [3.63, 3.8) is 0 Å². The van der Waals surface area contributed by atoms with Gasteiger partial charge in [-0.2, -0.15) is 9.90 Å². The van der Waals surface area contributed by atoms with Crippen molar-refractivity contribution in [2.45, 2.75) is 19.8 Å². The van der Waals surface area contributed by atoms with Gasteiger partial charge in [0.1, 0.15) is 0 Å². The second-order valence-corrected chi connectivity index (χ2v) is 6.38. The number of carbonyl (C=O) groups is 2. The van der Waals surface area contributed by atoms with E-state index in [9.17, 15) is 9.59 Å². The Bertz CT molecular complexity index is 997.